The monoisotopic (exact) mass is 387 g/mol. The zero-order valence-electron chi connectivity index (χ0n) is 16.4. The van der Waals surface area contributed by atoms with Crippen LogP contribution in [0.15, 0.2) is 30.3 Å². The van der Waals surface area contributed by atoms with Crippen molar-refractivity contribution in [3.63, 3.8) is 0 Å². The Hall–Kier alpha value is -3.09. The molecule has 0 saturated carbocycles. The maximum Gasteiger partial charge on any atom is 0.352 e. The molecule has 0 fully saturated rings. The lowest BCUT2D eigenvalue weighted by Crippen LogP contribution is -2.16. The van der Waals surface area contributed by atoms with Crippen molar-refractivity contribution in [2.24, 2.45) is 7.05 Å². The number of carbonyl (C=O) groups excluding carboxylic acids is 2. The number of nitrogens with zero attached hydrogens (tertiary/aromatic N) is 1. The zero-order chi connectivity index (χ0) is 20.7. The van der Waals surface area contributed by atoms with E-state index in [1.807, 2.05) is 30.3 Å². The third-order valence-corrected chi connectivity index (χ3v) is 4.42. The highest BCUT2D eigenvalue weighted by molar-refractivity contribution is 5.99. The molecule has 0 radical (unpaired) electrons. The number of aromatic carboxylic acids is 1. The average Bonchev–Trinajstić information content (AvgIpc) is 2.93. The third-order valence-electron chi connectivity index (χ3n) is 4.42. The van der Waals surface area contributed by atoms with Crippen LogP contribution in [0.25, 0.3) is 0 Å². The van der Waals surface area contributed by atoms with Gasteiger partial charge in [0.15, 0.2) is 0 Å². The number of carboxylic acids is 1. The van der Waals surface area contributed by atoms with Gasteiger partial charge in [-0.05, 0) is 37.8 Å². The summed E-state index contributed by atoms with van der Waals surface area (Å²) in [6, 6.07) is 9.57. The van der Waals surface area contributed by atoms with Crippen LogP contribution in [0, 0.1) is 0 Å². The first-order valence-electron chi connectivity index (χ1n) is 9.21. The van der Waals surface area contributed by atoms with E-state index in [2.05, 4.69) is 0 Å². The fourth-order valence-corrected chi connectivity index (χ4v) is 3.23. The first-order chi connectivity index (χ1) is 13.4. The molecule has 0 atom stereocenters. The van der Waals surface area contributed by atoms with Crippen LogP contribution in [0.2, 0.25) is 0 Å². The molecule has 1 aromatic heterocycles. The Bertz CT molecular complexity index is 854. The van der Waals surface area contributed by atoms with Crippen LogP contribution in [-0.4, -0.2) is 40.8 Å². The van der Waals surface area contributed by atoms with Gasteiger partial charge in [-0.3, -0.25) is 4.79 Å². The molecule has 1 heterocycles. The van der Waals surface area contributed by atoms with E-state index in [0.29, 0.717) is 18.4 Å². The number of esters is 2. The van der Waals surface area contributed by atoms with Crippen LogP contribution < -0.4 is 0 Å². The number of benzene rings is 1. The predicted octanol–water partition coefficient (Wildman–Crippen LogP) is 2.79. The Kier molecular flexibility index (Phi) is 7.37. The Morgan fingerprint density at radius 1 is 1.00 bits per heavy atom. The zero-order valence-corrected chi connectivity index (χ0v) is 16.4. The summed E-state index contributed by atoms with van der Waals surface area (Å²) in [6.07, 6.45) is 0.678. The molecule has 0 saturated heterocycles. The minimum absolute atomic E-state index is 0.0155. The first kappa shape index (κ1) is 21.2. The van der Waals surface area contributed by atoms with E-state index in [1.165, 1.54) is 11.6 Å². The van der Waals surface area contributed by atoms with Gasteiger partial charge in [0.1, 0.15) is 5.69 Å². The van der Waals surface area contributed by atoms with Gasteiger partial charge in [0.25, 0.3) is 0 Å². The smallest absolute Gasteiger partial charge is 0.352 e. The van der Waals surface area contributed by atoms with Gasteiger partial charge in [-0.15, -0.1) is 0 Å². The van der Waals surface area contributed by atoms with Crippen molar-refractivity contribution in [1.82, 2.24) is 4.57 Å². The molecular formula is C21H25NO6. The van der Waals surface area contributed by atoms with E-state index < -0.39 is 17.9 Å². The van der Waals surface area contributed by atoms with Crippen LogP contribution in [0.1, 0.15) is 51.5 Å². The van der Waals surface area contributed by atoms with Crippen LogP contribution >= 0.6 is 0 Å². The summed E-state index contributed by atoms with van der Waals surface area (Å²) in [6.45, 7) is 3.70. The topological polar surface area (TPSA) is 94.8 Å². The molecule has 7 heteroatoms. The maximum absolute atomic E-state index is 12.6. The maximum atomic E-state index is 12.6. The van der Waals surface area contributed by atoms with Crippen molar-refractivity contribution in [3.05, 3.63) is 58.4 Å². The number of aryl methyl sites for hydroxylation is 1. The van der Waals surface area contributed by atoms with Crippen molar-refractivity contribution < 1.29 is 29.0 Å². The second-order valence-corrected chi connectivity index (χ2v) is 6.20. The van der Waals surface area contributed by atoms with Crippen molar-refractivity contribution in [2.45, 2.75) is 33.1 Å². The van der Waals surface area contributed by atoms with E-state index >= 15 is 0 Å². The number of ether oxygens (including phenoxy) is 2. The van der Waals surface area contributed by atoms with Crippen molar-refractivity contribution in [2.75, 3.05) is 13.2 Å². The predicted molar refractivity (Wildman–Crippen MR) is 103 cm³/mol. The van der Waals surface area contributed by atoms with Crippen molar-refractivity contribution in [1.29, 1.82) is 0 Å². The van der Waals surface area contributed by atoms with Crippen LogP contribution in [0.5, 0.6) is 0 Å². The second kappa shape index (κ2) is 9.73. The normalized spacial score (nSPS) is 10.5. The van der Waals surface area contributed by atoms with E-state index in [9.17, 15) is 19.5 Å². The summed E-state index contributed by atoms with van der Waals surface area (Å²) < 4.78 is 11.5. The number of hydrogen-bond acceptors (Lipinski definition) is 5. The van der Waals surface area contributed by atoms with Gasteiger partial charge >= 0.3 is 17.9 Å². The highest BCUT2D eigenvalue weighted by Gasteiger charge is 2.30. The number of rotatable bonds is 9. The van der Waals surface area contributed by atoms with Crippen LogP contribution in [0.3, 0.4) is 0 Å². The molecular weight excluding hydrogens is 362 g/mol. The van der Waals surface area contributed by atoms with Gasteiger partial charge in [0, 0.05) is 12.7 Å². The molecule has 1 aromatic carbocycles. The lowest BCUT2D eigenvalue weighted by molar-refractivity contribution is -0.142. The highest BCUT2D eigenvalue weighted by atomic mass is 16.5. The molecule has 0 aliphatic carbocycles. The number of carboxylic acid groups (broad SMARTS) is 1. The minimum Gasteiger partial charge on any atom is -0.477 e. The molecule has 0 amide bonds. The summed E-state index contributed by atoms with van der Waals surface area (Å²) in [4.78, 5) is 36.6. The van der Waals surface area contributed by atoms with E-state index in [0.717, 1.165) is 5.56 Å². The molecule has 0 aliphatic rings. The number of hydrogen-bond donors (Lipinski definition) is 1. The van der Waals surface area contributed by atoms with Crippen LogP contribution in [0.4, 0.5) is 0 Å². The quantitative estimate of drug-likeness (QED) is 0.665. The fraction of sp³-hybridized carbons (Fsp3) is 0.381. The van der Waals surface area contributed by atoms with Gasteiger partial charge in [-0.2, -0.15) is 0 Å². The van der Waals surface area contributed by atoms with Gasteiger partial charge in [-0.25, -0.2) is 9.59 Å². The molecule has 0 bridgehead atoms. The van der Waals surface area contributed by atoms with Gasteiger partial charge in [0.2, 0.25) is 0 Å². The molecule has 0 spiro atoms. The highest BCUT2D eigenvalue weighted by Crippen LogP contribution is 2.26. The van der Waals surface area contributed by atoms with Crippen LogP contribution in [-0.2, 0) is 40.6 Å². The summed E-state index contributed by atoms with van der Waals surface area (Å²) in [5, 5.41) is 9.74. The van der Waals surface area contributed by atoms with E-state index in [-0.39, 0.29) is 36.6 Å². The fourth-order valence-electron chi connectivity index (χ4n) is 3.23. The Balaban J connectivity index is 2.53. The second-order valence-electron chi connectivity index (χ2n) is 6.20. The Labute approximate surface area is 163 Å². The molecule has 0 unspecified atom stereocenters. The molecule has 150 valence electrons. The summed E-state index contributed by atoms with van der Waals surface area (Å²) in [5.41, 5.74) is 1.81. The molecule has 1 N–H and O–H groups in total. The SMILES string of the molecule is CCOC(=O)Cc1c(C(=O)OCC)c(CCc2ccccc2)c(C(=O)O)n1C. The lowest BCUT2D eigenvalue weighted by Gasteiger charge is -2.08. The van der Waals surface area contributed by atoms with Crippen molar-refractivity contribution >= 4 is 17.9 Å². The first-order valence-corrected chi connectivity index (χ1v) is 9.21. The summed E-state index contributed by atoms with van der Waals surface area (Å²) in [5.74, 6) is -2.32. The summed E-state index contributed by atoms with van der Waals surface area (Å²) >= 11 is 0. The molecule has 0 aliphatic heterocycles. The van der Waals surface area contributed by atoms with Crippen molar-refractivity contribution in [3.8, 4) is 0 Å². The Morgan fingerprint density at radius 2 is 1.64 bits per heavy atom. The van der Waals surface area contributed by atoms with Gasteiger partial charge in [-0.1, -0.05) is 30.3 Å². The standard InChI is InChI=1S/C21H25NO6/c1-4-27-17(23)13-16-18(21(26)28-5-2)15(19(20(24)25)22(16)3)12-11-14-9-7-6-8-10-14/h6-10H,4-5,11-13H2,1-3H3,(H,24,25). The average molecular weight is 387 g/mol. The number of carbonyl (C=O) groups is 3. The van der Waals surface area contributed by atoms with Gasteiger partial charge < -0.3 is 19.1 Å². The minimum atomic E-state index is -1.16. The molecule has 7 nitrogen and oxygen atoms in total. The number of aromatic nitrogens is 1. The summed E-state index contributed by atoms with van der Waals surface area (Å²) in [7, 11) is 1.53. The molecule has 2 aromatic rings. The van der Waals surface area contributed by atoms with E-state index in [1.54, 1.807) is 13.8 Å². The molecule has 28 heavy (non-hydrogen) atoms. The lowest BCUT2D eigenvalue weighted by atomic mass is 9.99. The largest absolute Gasteiger partial charge is 0.477 e. The van der Waals surface area contributed by atoms with Gasteiger partial charge in [0.05, 0.1) is 25.2 Å². The van der Waals surface area contributed by atoms with E-state index in [4.69, 9.17) is 9.47 Å². The Morgan fingerprint density at radius 3 is 2.21 bits per heavy atom. The molecule has 2 rings (SSSR count). The third kappa shape index (κ3) is 4.79.